The maximum atomic E-state index is 9.74. The van der Waals surface area contributed by atoms with Gasteiger partial charge >= 0.3 is 33.9 Å². The van der Waals surface area contributed by atoms with Crippen LogP contribution in [0, 0.1) is 51.6 Å². The van der Waals surface area contributed by atoms with Crippen molar-refractivity contribution < 1.29 is 44.2 Å². The summed E-state index contributed by atoms with van der Waals surface area (Å²) in [6.07, 6.45) is 11.6. The van der Waals surface area contributed by atoms with E-state index in [1.807, 2.05) is 12.1 Å². The Morgan fingerprint density at radius 1 is 0.811 bits per heavy atom. The van der Waals surface area contributed by atoms with Crippen molar-refractivity contribution in [3.8, 4) is 11.5 Å². The van der Waals surface area contributed by atoms with E-state index in [-0.39, 0.29) is 26.2 Å². The van der Waals surface area contributed by atoms with E-state index in [0.29, 0.717) is 0 Å². The zero-order chi connectivity index (χ0) is 27.3. The minimum absolute atomic E-state index is 0. The van der Waals surface area contributed by atoms with Gasteiger partial charge in [-0.2, -0.15) is 0 Å². The van der Waals surface area contributed by atoms with Crippen LogP contribution in [-0.4, -0.2) is 37.3 Å². The minimum atomic E-state index is 0. The predicted octanol–water partition coefficient (Wildman–Crippen LogP) is 5.61. The Morgan fingerprint density at radius 3 is 1.76 bits per heavy atom. The summed E-state index contributed by atoms with van der Waals surface area (Å²) in [5, 5.41) is 9.74. The molecular weight excluding hydrogens is 641 g/mol. The van der Waals surface area contributed by atoms with Gasteiger partial charge in [-0.1, -0.05) is 36.8 Å². The normalized spacial score (nSPS) is 12.7. The second-order valence-corrected chi connectivity index (χ2v) is 7.81. The Balaban J connectivity index is 0. The van der Waals surface area contributed by atoms with E-state index < -0.39 is 0 Å². The number of hydrogen-bond acceptors (Lipinski definition) is 3. The van der Waals surface area contributed by atoms with Gasteiger partial charge in [0.25, 0.3) is 0 Å². The maximum Gasteiger partial charge on any atom is 0 e. The summed E-state index contributed by atoms with van der Waals surface area (Å²) in [6, 6.07) is 15.8. The molecule has 0 bridgehead atoms. The van der Waals surface area contributed by atoms with Gasteiger partial charge in [-0.3, -0.25) is 0 Å². The van der Waals surface area contributed by atoms with Crippen molar-refractivity contribution in [2.24, 2.45) is 0 Å². The monoisotopic (exact) mass is 673 g/mol. The standard InChI is InChI=1S/C27H32NO2.3CO.Re/c1-4-26(21-9-5-6-10-21)27(22-11-15-24(29)16-12-22)23-13-17-25(18-14-23)30-20-8-7-19-28(2)3;3*1-2;/h5-6,9-18,29H,4,7-8,19-20H2,1-3H3;;;;/b27-26-;;;;. The molecule has 0 aliphatic heterocycles. The Kier molecular flexibility index (Phi) is 22.7. The van der Waals surface area contributed by atoms with Crippen molar-refractivity contribution in [2.45, 2.75) is 26.2 Å². The van der Waals surface area contributed by atoms with Crippen LogP contribution < -0.4 is 4.74 Å². The first-order valence-electron chi connectivity index (χ1n) is 11.3. The number of phenolic OH excluding ortho intramolecular Hbond substituents is 1. The van der Waals surface area contributed by atoms with Gasteiger partial charge in [-0.25, -0.2) is 0 Å². The largest absolute Gasteiger partial charge is 0 e. The van der Waals surface area contributed by atoms with Crippen LogP contribution >= 0.6 is 0 Å². The SMILES string of the molecule is CC/C([C]1[CH][CH][CH][CH]1)=C(\c1ccc(O)cc1)c1ccc(OCCCCN(C)C)cc1.[C-]#[O+].[C-]#[O+].[C-]#[O+].[Re]. The van der Waals surface area contributed by atoms with Gasteiger partial charge in [-0.15, -0.1) is 0 Å². The summed E-state index contributed by atoms with van der Waals surface area (Å²) in [7, 11) is 4.19. The van der Waals surface area contributed by atoms with E-state index >= 15 is 0 Å². The third kappa shape index (κ3) is 13.1. The van der Waals surface area contributed by atoms with Crippen molar-refractivity contribution in [3.63, 3.8) is 0 Å². The van der Waals surface area contributed by atoms with Gasteiger partial charge < -0.3 is 14.7 Å². The van der Waals surface area contributed by atoms with Gasteiger partial charge in [-0.05, 0) is 107 Å². The number of ether oxygens (including phenoxy) is 1. The van der Waals surface area contributed by atoms with Crippen molar-refractivity contribution in [1.82, 2.24) is 4.90 Å². The van der Waals surface area contributed by atoms with E-state index in [1.165, 1.54) is 17.1 Å². The zero-order valence-electron chi connectivity index (χ0n) is 21.4. The number of benzene rings is 2. The molecule has 0 saturated heterocycles. The van der Waals surface area contributed by atoms with Gasteiger partial charge in [0.2, 0.25) is 0 Å². The van der Waals surface area contributed by atoms with E-state index in [2.05, 4.69) is 95.8 Å². The van der Waals surface area contributed by atoms with Crippen molar-refractivity contribution >= 4 is 5.57 Å². The summed E-state index contributed by atoms with van der Waals surface area (Å²) < 4.78 is 28.4. The van der Waals surface area contributed by atoms with Crippen LogP contribution in [0.3, 0.4) is 0 Å². The molecule has 0 aromatic heterocycles. The fraction of sp³-hybridized carbons (Fsp3) is 0.267. The zero-order valence-corrected chi connectivity index (χ0v) is 24.1. The number of allylic oxidation sites excluding steroid dienone is 1. The molecule has 0 spiro atoms. The molecule has 2 aromatic rings. The number of unbranched alkanes of at least 4 members (excludes halogenated alkanes) is 1. The van der Waals surface area contributed by atoms with E-state index in [9.17, 15) is 5.11 Å². The molecule has 2 aromatic carbocycles. The summed E-state index contributed by atoms with van der Waals surface area (Å²) in [4.78, 5) is 2.20. The van der Waals surface area contributed by atoms with Crippen molar-refractivity contribution in [1.29, 1.82) is 0 Å². The molecule has 0 atom stereocenters. The van der Waals surface area contributed by atoms with Crippen molar-refractivity contribution in [2.75, 3.05) is 27.2 Å². The molecule has 0 unspecified atom stereocenters. The molecule has 1 fully saturated rings. The summed E-state index contributed by atoms with van der Waals surface area (Å²) >= 11 is 0. The van der Waals surface area contributed by atoms with Crippen LogP contribution in [0.4, 0.5) is 0 Å². The molecular formula is C30H32NO5Re. The minimum Gasteiger partial charge on any atom is 0 e. The topological polar surface area (TPSA) is 92.4 Å². The van der Waals surface area contributed by atoms with Crippen LogP contribution in [0.2, 0.25) is 0 Å². The quantitative estimate of drug-likeness (QED) is 0.202. The van der Waals surface area contributed by atoms with E-state index in [1.54, 1.807) is 12.1 Å². The third-order valence-electron chi connectivity index (χ3n) is 5.23. The first-order chi connectivity index (χ1) is 17.6. The molecule has 6 nitrogen and oxygen atoms in total. The summed E-state index contributed by atoms with van der Waals surface area (Å²) in [6.45, 7) is 17.5. The first-order valence-corrected chi connectivity index (χ1v) is 11.3. The Bertz CT molecular complexity index is 926. The molecule has 3 rings (SSSR count). The van der Waals surface area contributed by atoms with Crippen LogP contribution in [0.15, 0.2) is 54.1 Å². The Labute approximate surface area is 235 Å². The Hall–Kier alpha value is -2.38. The molecule has 0 amide bonds. The third-order valence-corrected chi connectivity index (χ3v) is 5.23. The van der Waals surface area contributed by atoms with Gasteiger partial charge in [0.05, 0.1) is 6.61 Å². The number of phenols is 1. The molecule has 6 radical (unpaired) electrons. The molecule has 7 heteroatoms. The average molecular weight is 673 g/mol. The fourth-order valence-corrected chi connectivity index (χ4v) is 3.68. The van der Waals surface area contributed by atoms with Crippen LogP contribution in [-0.2, 0) is 34.4 Å². The second-order valence-electron chi connectivity index (χ2n) is 7.81. The number of rotatable bonds is 10. The average Bonchev–Trinajstić information content (AvgIpc) is 3.46. The summed E-state index contributed by atoms with van der Waals surface area (Å²) in [5.74, 6) is 2.42. The second kappa shape index (κ2) is 22.8. The number of aromatic hydroxyl groups is 1. The first kappa shape index (κ1) is 36.8. The van der Waals surface area contributed by atoms with E-state index in [4.69, 9.17) is 18.7 Å². The van der Waals surface area contributed by atoms with Crippen LogP contribution in [0.5, 0.6) is 11.5 Å². The number of nitrogens with zero attached hydrogens (tertiary/aromatic N) is 1. The molecule has 194 valence electrons. The van der Waals surface area contributed by atoms with Gasteiger partial charge in [0.15, 0.2) is 0 Å². The molecule has 1 aliphatic carbocycles. The maximum absolute atomic E-state index is 9.74. The molecule has 1 N–H and O–H groups in total. The Morgan fingerprint density at radius 2 is 1.30 bits per heavy atom. The number of hydrogen-bond donors (Lipinski definition) is 1. The van der Waals surface area contributed by atoms with Gasteiger partial charge in [0, 0.05) is 26.3 Å². The van der Waals surface area contributed by atoms with Gasteiger partial charge in [0.1, 0.15) is 11.5 Å². The van der Waals surface area contributed by atoms with Crippen molar-refractivity contribution in [3.05, 3.63) is 117 Å². The fourth-order valence-electron chi connectivity index (χ4n) is 3.68. The molecule has 0 heterocycles. The molecule has 1 saturated carbocycles. The smallest absolute Gasteiger partial charge is 0 e. The van der Waals surface area contributed by atoms with Crippen LogP contribution in [0.1, 0.15) is 37.3 Å². The van der Waals surface area contributed by atoms with E-state index in [0.717, 1.165) is 49.3 Å². The predicted molar refractivity (Wildman–Crippen MR) is 136 cm³/mol. The molecule has 1 aliphatic rings. The molecule has 37 heavy (non-hydrogen) atoms. The summed E-state index contributed by atoms with van der Waals surface area (Å²) in [5.41, 5.74) is 4.74. The van der Waals surface area contributed by atoms with Crippen LogP contribution in [0.25, 0.3) is 5.57 Å².